The molecule has 0 fully saturated rings. The number of carbonyl (C=O) groups is 1. The van der Waals surface area contributed by atoms with Crippen molar-refractivity contribution in [3.8, 4) is 11.5 Å². The van der Waals surface area contributed by atoms with Gasteiger partial charge in [0, 0.05) is 13.1 Å². The maximum atomic E-state index is 13.5. The molecule has 3 rings (SSSR count). The minimum Gasteiger partial charge on any atom is -0.486 e. The van der Waals surface area contributed by atoms with Gasteiger partial charge in [0.1, 0.15) is 19.0 Å². The van der Waals surface area contributed by atoms with Gasteiger partial charge in [-0.05, 0) is 48.9 Å². The van der Waals surface area contributed by atoms with Crippen LogP contribution in [0.25, 0.3) is 0 Å². The van der Waals surface area contributed by atoms with Gasteiger partial charge in [-0.3, -0.25) is 9.69 Å². The Bertz CT molecular complexity index is 795. The largest absolute Gasteiger partial charge is 0.486 e. The molecule has 138 valence electrons. The normalized spacial score (nSPS) is 12.9. The van der Waals surface area contributed by atoms with Gasteiger partial charge in [-0.2, -0.15) is 0 Å². The first kappa shape index (κ1) is 18.2. The highest BCUT2D eigenvalue weighted by molar-refractivity contribution is 5.77. The van der Waals surface area contributed by atoms with Crippen LogP contribution in [0, 0.1) is 12.7 Å². The van der Waals surface area contributed by atoms with Gasteiger partial charge in [0.15, 0.2) is 11.5 Å². The molecule has 2 aromatic rings. The Labute approximate surface area is 152 Å². The average Bonchev–Trinajstić information content (AvgIpc) is 2.62. The average molecular weight is 358 g/mol. The molecule has 1 amide bonds. The van der Waals surface area contributed by atoms with Crippen molar-refractivity contribution >= 4 is 5.91 Å². The summed E-state index contributed by atoms with van der Waals surface area (Å²) < 4.78 is 24.6. The van der Waals surface area contributed by atoms with Crippen LogP contribution >= 0.6 is 0 Å². The Hall–Kier alpha value is -2.60. The van der Waals surface area contributed by atoms with E-state index >= 15 is 0 Å². The van der Waals surface area contributed by atoms with Crippen LogP contribution in [-0.4, -0.2) is 37.6 Å². The lowest BCUT2D eigenvalue weighted by atomic mass is 10.1. The van der Waals surface area contributed by atoms with E-state index < -0.39 is 0 Å². The fraction of sp³-hybridized carbons (Fsp3) is 0.350. The van der Waals surface area contributed by atoms with Crippen LogP contribution in [0.2, 0.25) is 0 Å². The van der Waals surface area contributed by atoms with Gasteiger partial charge in [0.05, 0.1) is 6.54 Å². The van der Waals surface area contributed by atoms with E-state index in [9.17, 15) is 9.18 Å². The third kappa shape index (κ3) is 4.73. The van der Waals surface area contributed by atoms with Crippen LogP contribution in [0.15, 0.2) is 36.4 Å². The van der Waals surface area contributed by atoms with E-state index in [1.165, 1.54) is 6.07 Å². The van der Waals surface area contributed by atoms with Gasteiger partial charge in [-0.15, -0.1) is 0 Å². The lowest BCUT2D eigenvalue weighted by Crippen LogP contribution is -2.34. The second-order valence-electron chi connectivity index (χ2n) is 6.51. The molecular formula is C20H23FN2O3. The van der Waals surface area contributed by atoms with Crippen LogP contribution in [0.5, 0.6) is 11.5 Å². The first-order valence-electron chi connectivity index (χ1n) is 8.60. The van der Waals surface area contributed by atoms with Crippen LogP contribution < -0.4 is 14.8 Å². The Morgan fingerprint density at radius 3 is 2.62 bits per heavy atom. The number of hydrogen-bond donors (Lipinski definition) is 1. The summed E-state index contributed by atoms with van der Waals surface area (Å²) in [5.41, 5.74) is 2.39. The van der Waals surface area contributed by atoms with Gasteiger partial charge in [-0.1, -0.05) is 18.2 Å². The summed E-state index contributed by atoms with van der Waals surface area (Å²) in [5, 5.41) is 2.82. The zero-order chi connectivity index (χ0) is 18.5. The number of likely N-dealkylation sites (N-methyl/N-ethyl adjacent to an activating group) is 1. The van der Waals surface area contributed by atoms with Crippen molar-refractivity contribution in [2.75, 3.05) is 26.8 Å². The molecule has 0 aliphatic carbocycles. The van der Waals surface area contributed by atoms with Gasteiger partial charge in [0.25, 0.3) is 0 Å². The van der Waals surface area contributed by atoms with Crippen LogP contribution in [0.1, 0.15) is 16.7 Å². The smallest absolute Gasteiger partial charge is 0.234 e. The SMILES string of the molecule is Cc1ccc(CNC(=O)CN(C)Cc2ccc3c(c2)OCCO3)cc1F. The van der Waals surface area contributed by atoms with Gasteiger partial charge >= 0.3 is 0 Å². The first-order valence-corrected chi connectivity index (χ1v) is 8.60. The summed E-state index contributed by atoms with van der Waals surface area (Å²) in [6.07, 6.45) is 0. The van der Waals surface area contributed by atoms with Crippen molar-refractivity contribution < 1.29 is 18.7 Å². The predicted molar refractivity (Wildman–Crippen MR) is 96.7 cm³/mol. The molecule has 0 saturated heterocycles. The van der Waals surface area contributed by atoms with E-state index in [1.54, 1.807) is 13.0 Å². The Balaban J connectivity index is 1.48. The minimum absolute atomic E-state index is 0.106. The topological polar surface area (TPSA) is 50.8 Å². The second-order valence-corrected chi connectivity index (χ2v) is 6.51. The third-order valence-corrected chi connectivity index (χ3v) is 4.20. The molecule has 0 aromatic heterocycles. The van der Waals surface area contributed by atoms with Crippen molar-refractivity contribution in [2.45, 2.75) is 20.0 Å². The van der Waals surface area contributed by atoms with Crippen molar-refractivity contribution in [3.05, 3.63) is 58.9 Å². The maximum Gasteiger partial charge on any atom is 0.234 e. The van der Waals surface area contributed by atoms with E-state index in [-0.39, 0.29) is 18.3 Å². The quantitative estimate of drug-likeness (QED) is 0.863. The number of halogens is 1. The number of ether oxygens (including phenoxy) is 2. The minimum atomic E-state index is -0.257. The number of nitrogens with zero attached hydrogens (tertiary/aromatic N) is 1. The molecule has 1 aliphatic heterocycles. The third-order valence-electron chi connectivity index (χ3n) is 4.20. The molecule has 0 atom stereocenters. The molecule has 0 radical (unpaired) electrons. The molecule has 1 heterocycles. The predicted octanol–water partition coefficient (Wildman–Crippen LogP) is 2.65. The number of benzene rings is 2. The molecule has 26 heavy (non-hydrogen) atoms. The Morgan fingerprint density at radius 1 is 1.12 bits per heavy atom. The zero-order valence-corrected chi connectivity index (χ0v) is 15.0. The molecule has 6 heteroatoms. The number of hydrogen-bond acceptors (Lipinski definition) is 4. The summed E-state index contributed by atoms with van der Waals surface area (Å²) in [5.74, 6) is 1.14. The van der Waals surface area contributed by atoms with Gasteiger partial charge in [-0.25, -0.2) is 4.39 Å². The second kappa shape index (κ2) is 8.19. The van der Waals surface area contributed by atoms with Crippen molar-refractivity contribution in [1.29, 1.82) is 0 Å². The Kier molecular flexibility index (Phi) is 5.73. The van der Waals surface area contributed by atoms with Crippen LogP contribution in [0.4, 0.5) is 4.39 Å². The number of aryl methyl sites for hydroxylation is 1. The molecule has 2 aromatic carbocycles. The molecule has 0 saturated carbocycles. The molecule has 0 bridgehead atoms. The fourth-order valence-corrected chi connectivity index (χ4v) is 2.80. The summed E-state index contributed by atoms with van der Waals surface area (Å²) >= 11 is 0. The number of fused-ring (bicyclic) bond motifs is 1. The fourth-order valence-electron chi connectivity index (χ4n) is 2.80. The first-order chi connectivity index (χ1) is 12.5. The van der Waals surface area contributed by atoms with Crippen LogP contribution in [0.3, 0.4) is 0 Å². The Morgan fingerprint density at radius 2 is 1.85 bits per heavy atom. The van der Waals surface area contributed by atoms with Crippen molar-refractivity contribution in [3.63, 3.8) is 0 Å². The maximum absolute atomic E-state index is 13.5. The van der Waals surface area contributed by atoms with E-state index in [0.717, 1.165) is 22.6 Å². The monoisotopic (exact) mass is 358 g/mol. The molecular weight excluding hydrogens is 335 g/mol. The highest BCUT2D eigenvalue weighted by atomic mass is 19.1. The van der Waals surface area contributed by atoms with Crippen molar-refractivity contribution in [2.24, 2.45) is 0 Å². The lowest BCUT2D eigenvalue weighted by molar-refractivity contribution is -0.122. The van der Waals surface area contributed by atoms with Crippen LogP contribution in [-0.2, 0) is 17.9 Å². The van der Waals surface area contributed by atoms with Gasteiger partial charge < -0.3 is 14.8 Å². The number of amides is 1. The zero-order valence-electron chi connectivity index (χ0n) is 15.0. The summed E-state index contributed by atoms with van der Waals surface area (Å²) in [4.78, 5) is 14.0. The number of nitrogens with one attached hydrogen (secondary N) is 1. The van der Waals surface area contributed by atoms with Gasteiger partial charge in [0.2, 0.25) is 5.91 Å². The molecule has 1 N–H and O–H groups in total. The number of carbonyl (C=O) groups excluding carboxylic acids is 1. The highest BCUT2D eigenvalue weighted by Gasteiger charge is 2.13. The van der Waals surface area contributed by atoms with E-state index in [4.69, 9.17) is 9.47 Å². The molecule has 5 nitrogen and oxygen atoms in total. The summed E-state index contributed by atoms with van der Waals surface area (Å²) in [6.45, 7) is 4.01. The molecule has 0 spiro atoms. The molecule has 1 aliphatic rings. The standard InChI is InChI=1S/C20H23FN2O3/c1-14-3-4-15(9-17(14)21)11-22-20(24)13-23(2)12-16-5-6-18-19(10-16)26-8-7-25-18/h3-6,9-10H,7-8,11-13H2,1-2H3,(H,22,24). The van der Waals surface area contributed by atoms with Crippen molar-refractivity contribution in [1.82, 2.24) is 10.2 Å². The van der Waals surface area contributed by atoms with E-state index in [1.807, 2.05) is 36.2 Å². The van der Waals surface area contributed by atoms with E-state index in [0.29, 0.717) is 31.9 Å². The number of rotatable bonds is 6. The van der Waals surface area contributed by atoms with E-state index in [2.05, 4.69) is 5.32 Å². The summed E-state index contributed by atoms with van der Waals surface area (Å²) in [6, 6.07) is 10.8. The lowest BCUT2D eigenvalue weighted by Gasteiger charge is -2.21. The highest BCUT2D eigenvalue weighted by Crippen LogP contribution is 2.30. The molecule has 0 unspecified atom stereocenters. The summed E-state index contributed by atoms with van der Waals surface area (Å²) in [7, 11) is 1.88.